The molecule has 0 amide bonds. The molecule has 2 N–H and O–H groups in total. The molecule has 0 aliphatic carbocycles. The van der Waals surface area contributed by atoms with E-state index in [1.807, 2.05) is 7.05 Å². The highest BCUT2D eigenvalue weighted by Gasteiger charge is 2.25. The van der Waals surface area contributed by atoms with Crippen molar-refractivity contribution in [1.29, 1.82) is 0 Å². The average molecular weight is 304 g/mol. The van der Waals surface area contributed by atoms with E-state index in [2.05, 4.69) is 34.1 Å². The molecule has 1 aliphatic rings. The topological polar surface area (TPSA) is 79.1 Å². The van der Waals surface area contributed by atoms with Crippen molar-refractivity contribution in [2.45, 2.75) is 20.3 Å². The van der Waals surface area contributed by atoms with Crippen molar-refractivity contribution < 1.29 is 5.11 Å². The number of rotatable bonds is 4. The van der Waals surface area contributed by atoms with Gasteiger partial charge in [-0.2, -0.15) is 15.1 Å². The second-order valence-electron chi connectivity index (χ2n) is 6.38. The lowest BCUT2D eigenvalue weighted by Gasteiger charge is -2.35. The summed E-state index contributed by atoms with van der Waals surface area (Å²) in [4.78, 5) is 11.7. The third-order valence-corrected chi connectivity index (χ3v) is 4.14. The quantitative estimate of drug-likeness (QED) is 0.885. The number of aromatic nitrogens is 4. The van der Waals surface area contributed by atoms with Crippen LogP contribution in [0.15, 0.2) is 6.20 Å². The number of fused-ring (bicyclic) bond motifs is 1. The fraction of sp³-hybridized carbons (Fsp3) is 0.667. The monoisotopic (exact) mass is 304 g/mol. The van der Waals surface area contributed by atoms with Gasteiger partial charge in [-0.15, -0.1) is 0 Å². The number of nitrogens with one attached hydrogen (secondary N) is 1. The van der Waals surface area contributed by atoms with Crippen LogP contribution in [0.1, 0.15) is 20.3 Å². The molecule has 0 spiro atoms. The maximum atomic E-state index is 9.06. The summed E-state index contributed by atoms with van der Waals surface area (Å²) in [6.07, 6.45) is 3.01. The molecule has 7 nitrogen and oxygen atoms in total. The second kappa shape index (κ2) is 6.08. The molecule has 7 heteroatoms. The molecule has 2 aromatic rings. The smallest absolute Gasteiger partial charge is 0.229 e. The van der Waals surface area contributed by atoms with Gasteiger partial charge in [-0.25, -0.2) is 0 Å². The molecule has 1 fully saturated rings. The van der Waals surface area contributed by atoms with Crippen molar-refractivity contribution in [3.8, 4) is 0 Å². The van der Waals surface area contributed by atoms with Gasteiger partial charge in [-0.3, -0.25) is 4.68 Å². The van der Waals surface area contributed by atoms with E-state index in [-0.39, 0.29) is 6.61 Å². The number of aliphatic hydroxyl groups excluding tert-OH is 1. The highest BCUT2D eigenvalue weighted by atomic mass is 16.3. The summed E-state index contributed by atoms with van der Waals surface area (Å²) in [7, 11) is 1.89. The summed E-state index contributed by atoms with van der Waals surface area (Å²) in [5.41, 5.74) is 0.816. The van der Waals surface area contributed by atoms with E-state index in [4.69, 9.17) is 10.1 Å². The molecule has 0 saturated carbocycles. The van der Waals surface area contributed by atoms with Crippen LogP contribution in [0.2, 0.25) is 0 Å². The van der Waals surface area contributed by atoms with Gasteiger partial charge in [0, 0.05) is 26.7 Å². The van der Waals surface area contributed by atoms with E-state index in [1.165, 1.54) is 6.42 Å². The van der Waals surface area contributed by atoms with Gasteiger partial charge in [0.05, 0.1) is 18.2 Å². The SMILES string of the molecule is C[C@@H]1C[C@@H](C)CN(c2nc(NCCO)c3cnn(C)c3n2)C1. The van der Waals surface area contributed by atoms with E-state index < -0.39 is 0 Å². The van der Waals surface area contributed by atoms with Crippen molar-refractivity contribution >= 4 is 22.8 Å². The zero-order valence-electron chi connectivity index (χ0n) is 13.5. The molecule has 0 bridgehead atoms. The molecular formula is C15H24N6O. The molecule has 120 valence electrons. The van der Waals surface area contributed by atoms with Crippen molar-refractivity contribution in [2.75, 3.05) is 36.5 Å². The van der Waals surface area contributed by atoms with Crippen LogP contribution in [-0.2, 0) is 7.05 Å². The Morgan fingerprint density at radius 3 is 2.68 bits per heavy atom. The summed E-state index contributed by atoms with van der Waals surface area (Å²) < 4.78 is 1.77. The molecule has 2 atom stereocenters. The van der Waals surface area contributed by atoms with Crippen molar-refractivity contribution in [1.82, 2.24) is 19.7 Å². The highest BCUT2D eigenvalue weighted by molar-refractivity contribution is 5.87. The van der Waals surface area contributed by atoms with Gasteiger partial charge >= 0.3 is 0 Å². The predicted octanol–water partition coefficient (Wildman–Crippen LogP) is 1.25. The Kier molecular flexibility index (Phi) is 4.15. The Balaban J connectivity index is 1.99. The van der Waals surface area contributed by atoms with Crippen LogP contribution in [0.25, 0.3) is 11.0 Å². The largest absolute Gasteiger partial charge is 0.395 e. The number of aliphatic hydroxyl groups is 1. The zero-order valence-corrected chi connectivity index (χ0v) is 13.5. The van der Waals surface area contributed by atoms with Crippen LogP contribution in [-0.4, -0.2) is 51.1 Å². The maximum Gasteiger partial charge on any atom is 0.229 e. The van der Waals surface area contributed by atoms with Crippen LogP contribution in [0.4, 0.5) is 11.8 Å². The lowest BCUT2D eigenvalue weighted by molar-refractivity contribution is 0.311. The summed E-state index contributed by atoms with van der Waals surface area (Å²) in [5.74, 6) is 2.77. The fourth-order valence-electron chi connectivity index (χ4n) is 3.29. The molecular weight excluding hydrogens is 280 g/mol. The molecule has 1 aliphatic heterocycles. The van der Waals surface area contributed by atoms with Crippen LogP contribution in [0.3, 0.4) is 0 Å². The molecule has 22 heavy (non-hydrogen) atoms. The van der Waals surface area contributed by atoms with Gasteiger partial charge in [0.25, 0.3) is 0 Å². The summed E-state index contributed by atoms with van der Waals surface area (Å²) in [6, 6.07) is 0. The van der Waals surface area contributed by atoms with Crippen LogP contribution in [0.5, 0.6) is 0 Å². The lowest BCUT2D eigenvalue weighted by atomic mass is 9.92. The number of anilines is 2. The van der Waals surface area contributed by atoms with Crippen LogP contribution in [0, 0.1) is 11.8 Å². The van der Waals surface area contributed by atoms with Gasteiger partial charge < -0.3 is 15.3 Å². The molecule has 2 aromatic heterocycles. The summed E-state index contributed by atoms with van der Waals surface area (Å²) in [5, 5.41) is 17.4. The maximum absolute atomic E-state index is 9.06. The average Bonchev–Trinajstić information content (AvgIpc) is 2.85. The predicted molar refractivity (Wildman–Crippen MR) is 87.0 cm³/mol. The second-order valence-corrected chi connectivity index (χ2v) is 6.38. The van der Waals surface area contributed by atoms with Crippen LogP contribution < -0.4 is 10.2 Å². The Bertz CT molecular complexity index is 645. The summed E-state index contributed by atoms with van der Waals surface area (Å²) in [6.45, 7) is 7.04. The van der Waals surface area contributed by atoms with Gasteiger partial charge in [0.1, 0.15) is 5.82 Å². The lowest BCUT2D eigenvalue weighted by Crippen LogP contribution is -2.39. The number of nitrogens with zero attached hydrogens (tertiary/aromatic N) is 5. The zero-order chi connectivity index (χ0) is 15.7. The first-order valence-corrected chi connectivity index (χ1v) is 7.88. The van der Waals surface area contributed by atoms with E-state index in [1.54, 1.807) is 10.9 Å². The Morgan fingerprint density at radius 1 is 1.27 bits per heavy atom. The third-order valence-electron chi connectivity index (χ3n) is 4.14. The van der Waals surface area contributed by atoms with E-state index in [9.17, 15) is 0 Å². The first-order chi connectivity index (χ1) is 10.6. The van der Waals surface area contributed by atoms with Crippen molar-refractivity contribution in [2.24, 2.45) is 18.9 Å². The van der Waals surface area contributed by atoms with Gasteiger partial charge in [-0.05, 0) is 18.3 Å². The Labute approximate surface area is 130 Å². The third kappa shape index (κ3) is 2.85. The van der Waals surface area contributed by atoms with Crippen molar-refractivity contribution in [3.05, 3.63) is 6.20 Å². The summed E-state index contributed by atoms with van der Waals surface area (Å²) >= 11 is 0. The van der Waals surface area contributed by atoms with Gasteiger partial charge in [-0.1, -0.05) is 13.8 Å². The van der Waals surface area contributed by atoms with Gasteiger partial charge in [0.15, 0.2) is 5.65 Å². The van der Waals surface area contributed by atoms with Crippen LogP contribution >= 0.6 is 0 Å². The number of hydrogen-bond donors (Lipinski definition) is 2. The minimum atomic E-state index is 0.0683. The molecule has 1 saturated heterocycles. The fourth-order valence-corrected chi connectivity index (χ4v) is 3.29. The van der Waals surface area contributed by atoms with E-state index >= 15 is 0 Å². The molecule has 0 unspecified atom stereocenters. The standard InChI is InChI=1S/C15H24N6O/c1-10-6-11(2)9-21(8-10)15-18-13(16-4-5-22)12-7-17-20(3)14(12)19-15/h7,10-11,22H,4-6,8-9H2,1-3H3,(H,16,18,19)/t10-,11-/m1/s1. The molecule has 0 aromatic carbocycles. The Morgan fingerprint density at radius 2 is 2.00 bits per heavy atom. The Hall–Kier alpha value is -1.89. The van der Waals surface area contributed by atoms with E-state index in [0.29, 0.717) is 18.4 Å². The number of piperidine rings is 1. The van der Waals surface area contributed by atoms with Crippen molar-refractivity contribution in [3.63, 3.8) is 0 Å². The first kappa shape index (κ1) is 15.0. The molecule has 0 radical (unpaired) electrons. The molecule has 3 heterocycles. The van der Waals surface area contributed by atoms with Gasteiger partial charge in [0.2, 0.25) is 5.95 Å². The number of hydrogen-bond acceptors (Lipinski definition) is 6. The minimum Gasteiger partial charge on any atom is -0.395 e. The first-order valence-electron chi connectivity index (χ1n) is 7.88. The van der Waals surface area contributed by atoms with E-state index in [0.717, 1.165) is 35.9 Å². The highest BCUT2D eigenvalue weighted by Crippen LogP contribution is 2.27. The minimum absolute atomic E-state index is 0.0683. The number of aryl methyl sites for hydroxylation is 1. The molecule has 3 rings (SSSR count). The normalized spacial score (nSPS) is 22.3.